The highest BCUT2D eigenvalue weighted by atomic mass is 35.5. The van der Waals surface area contributed by atoms with Gasteiger partial charge in [-0.15, -0.1) is 0 Å². The van der Waals surface area contributed by atoms with Crippen molar-refractivity contribution < 1.29 is 0 Å². The van der Waals surface area contributed by atoms with Crippen molar-refractivity contribution in [3.63, 3.8) is 0 Å². The average molecular weight is 508 g/mol. The summed E-state index contributed by atoms with van der Waals surface area (Å²) in [6.45, 7) is 8.67. The predicted molar refractivity (Wildman–Crippen MR) is 138 cm³/mol. The Morgan fingerprint density at radius 1 is 1.03 bits per heavy atom. The number of imidazole rings is 1. The van der Waals surface area contributed by atoms with Gasteiger partial charge in [0.25, 0.3) is 0 Å². The Morgan fingerprint density at radius 3 is 2.31 bits per heavy atom. The first-order valence-electron chi connectivity index (χ1n) is 10.5. The molecule has 1 aromatic heterocycles. The standard InChI is InChI=1S/C24H25Cl3N4S/c1-5-6-19-20(22-29-30-23(32-22)24(2,3)4)28-21(17-12-9-15(26)13-18(17)27)31(19)16-10-7-14(25)8-11-16/h7-13,22,29H,5-6H2,1-4H3. The lowest BCUT2D eigenvalue weighted by Crippen LogP contribution is -2.15. The summed E-state index contributed by atoms with van der Waals surface area (Å²) in [6.07, 6.45) is 1.84. The van der Waals surface area contributed by atoms with E-state index < -0.39 is 0 Å². The van der Waals surface area contributed by atoms with E-state index in [1.165, 1.54) is 0 Å². The highest BCUT2D eigenvalue weighted by Crippen LogP contribution is 2.42. The molecule has 1 atom stereocenters. The first kappa shape index (κ1) is 23.5. The molecule has 32 heavy (non-hydrogen) atoms. The van der Waals surface area contributed by atoms with E-state index >= 15 is 0 Å². The van der Waals surface area contributed by atoms with Gasteiger partial charge in [-0.2, -0.15) is 5.10 Å². The van der Waals surface area contributed by atoms with Crippen LogP contribution in [0.15, 0.2) is 47.6 Å². The van der Waals surface area contributed by atoms with Crippen molar-refractivity contribution in [1.82, 2.24) is 15.0 Å². The van der Waals surface area contributed by atoms with Crippen LogP contribution in [-0.4, -0.2) is 14.6 Å². The molecule has 3 aromatic rings. The van der Waals surface area contributed by atoms with Gasteiger partial charge in [0.05, 0.1) is 10.7 Å². The summed E-state index contributed by atoms with van der Waals surface area (Å²) in [5.74, 6) is 0.777. The monoisotopic (exact) mass is 506 g/mol. The van der Waals surface area contributed by atoms with Gasteiger partial charge in [-0.1, -0.05) is 80.7 Å². The Balaban J connectivity index is 1.91. The first-order chi connectivity index (χ1) is 15.2. The van der Waals surface area contributed by atoms with Gasteiger partial charge in [-0.05, 0) is 48.9 Å². The third kappa shape index (κ3) is 4.67. The minimum atomic E-state index is -0.0656. The van der Waals surface area contributed by atoms with Crippen LogP contribution >= 0.6 is 46.6 Å². The molecule has 0 saturated heterocycles. The molecule has 0 spiro atoms. The highest BCUT2D eigenvalue weighted by Gasteiger charge is 2.33. The van der Waals surface area contributed by atoms with Crippen LogP contribution in [0.25, 0.3) is 17.1 Å². The van der Waals surface area contributed by atoms with Crippen molar-refractivity contribution in [2.45, 2.75) is 45.9 Å². The van der Waals surface area contributed by atoms with Crippen LogP contribution in [0, 0.1) is 5.41 Å². The third-order valence-electron chi connectivity index (χ3n) is 5.15. The fraction of sp³-hybridized carbons (Fsp3) is 0.333. The van der Waals surface area contributed by atoms with Crippen LogP contribution in [0.1, 0.15) is 50.9 Å². The van der Waals surface area contributed by atoms with E-state index in [4.69, 9.17) is 39.8 Å². The molecule has 1 aliphatic rings. The Bertz CT molecular complexity index is 1160. The van der Waals surface area contributed by atoms with Crippen molar-refractivity contribution in [2.75, 3.05) is 0 Å². The van der Waals surface area contributed by atoms with Gasteiger partial charge >= 0.3 is 0 Å². The van der Waals surface area contributed by atoms with Crippen molar-refractivity contribution >= 4 is 51.6 Å². The molecule has 2 aromatic carbocycles. The zero-order chi connectivity index (χ0) is 23.0. The van der Waals surface area contributed by atoms with Gasteiger partial charge in [0, 0.05) is 32.4 Å². The van der Waals surface area contributed by atoms with E-state index in [2.05, 4.69) is 42.8 Å². The molecule has 0 amide bonds. The Morgan fingerprint density at radius 2 is 1.72 bits per heavy atom. The lowest BCUT2D eigenvalue weighted by Gasteiger charge is -2.17. The molecular weight excluding hydrogens is 483 g/mol. The van der Waals surface area contributed by atoms with Gasteiger partial charge in [-0.25, -0.2) is 4.98 Å². The third-order valence-corrected chi connectivity index (χ3v) is 7.44. The number of halogens is 3. The zero-order valence-corrected chi connectivity index (χ0v) is 21.5. The van der Waals surface area contributed by atoms with Crippen molar-refractivity contribution in [3.05, 3.63) is 68.9 Å². The summed E-state index contributed by atoms with van der Waals surface area (Å²) in [5, 5.41) is 7.45. The van der Waals surface area contributed by atoms with Gasteiger partial charge < -0.3 is 0 Å². The summed E-state index contributed by atoms with van der Waals surface area (Å²) in [6, 6.07) is 13.3. The molecule has 2 heterocycles. The number of benzene rings is 2. The molecule has 0 aliphatic carbocycles. The lowest BCUT2D eigenvalue weighted by atomic mass is 9.99. The number of hydrogen-bond donors (Lipinski definition) is 1. The predicted octanol–water partition coefficient (Wildman–Crippen LogP) is 8.15. The Labute approximate surface area is 208 Å². The summed E-state index contributed by atoms with van der Waals surface area (Å²) in [5.41, 5.74) is 7.19. The average Bonchev–Trinajstić information content (AvgIpc) is 3.34. The number of aromatic nitrogens is 2. The van der Waals surface area contributed by atoms with Crippen molar-refractivity contribution in [2.24, 2.45) is 10.5 Å². The maximum Gasteiger partial charge on any atom is 0.146 e. The van der Waals surface area contributed by atoms with Crippen LogP contribution in [0.4, 0.5) is 0 Å². The smallest absolute Gasteiger partial charge is 0.146 e. The van der Waals surface area contributed by atoms with E-state index in [-0.39, 0.29) is 10.8 Å². The molecule has 168 valence electrons. The molecule has 4 rings (SSSR count). The fourth-order valence-corrected chi connectivity index (χ4v) is 5.33. The summed E-state index contributed by atoms with van der Waals surface area (Å²) >= 11 is 20.7. The molecule has 0 bridgehead atoms. The van der Waals surface area contributed by atoms with Crippen LogP contribution in [0.2, 0.25) is 15.1 Å². The van der Waals surface area contributed by atoms with Crippen LogP contribution in [0.3, 0.4) is 0 Å². The minimum absolute atomic E-state index is 0.0294. The molecule has 1 unspecified atom stereocenters. The molecule has 1 N–H and O–H groups in total. The maximum absolute atomic E-state index is 6.63. The van der Waals surface area contributed by atoms with Gasteiger partial charge in [0.2, 0.25) is 0 Å². The van der Waals surface area contributed by atoms with Crippen LogP contribution < -0.4 is 5.43 Å². The van der Waals surface area contributed by atoms with E-state index in [9.17, 15) is 0 Å². The lowest BCUT2D eigenvalue weighted by molar-refractivity contribution is 0.595. The summed E-state index contributed by atoms with van der Waals surface area (Å²) in [4.78, 5) is 5.13. The van der Waals surface area contributed by atoms with Crippen molar-refractivity contribution in [1.29, 1.82) is 0 Å². The van der Waals surface area contributed by atoms with E-state index in [1.807, 2.05) is 36.4 Å². The topological polar surface area (TPSA) is 42.2 Å². The Hall–Kier alpha value is -1.66. The SMILES string of the molecule is CCCc1c(C2NN=C(C(C)(C)C)S2)nc(-c2ccc(Cl)cc2Cl)n1-c1ccc(Cl)cc1. The largest absolute Gasteiger partial charge is 0.296 e. The van der Waals surface area contributed by atoms with Crippen LogP contribution in [0.5, 0.6) is 0 Å². The molecular formula is C24H25Cl3N4S. The quantitative estimate of drug-likeness (QED) is 0.379. The van der Waals surface area contributed by atoms with Gasteiger partial charge in [-0.3, -0.25) is 9.99 Å². The first-order valence-corrected chi connectivity index (χ1v) is 12.5. The second kappa shape index (κ2) is 9.30. The highest BCUT2D eigenvalue weighted by molar-refractivity contribution is 8.14. The Kier molecular flexibility index (Phi) is 6.83. The van der Waals surface area contributed by atoms with Gasteiger partial charge in [0.1, 0.15) is 16.2 Å². The minimum Gasteiger partial charge on any atom is -0.296 e. The number of thioether (sulfide) groups is 1. The molecule has 0 saturated carbocycles. The molecule has 0 fully saturated rings. The van der Waals surface area contributed by atoms with Crippen LogP contribution in [-0.2, 0) is 6.42 Å². The number of hydrogen-bond acceptors (Lipinski definition) is 4. The van der Waals surface area contributed by atoms with Crippen molar-refractivity contribution in [3.8, 4) is 17.1 Å². The molecule has 8 heteroatoms. The maximum atomic E-state index is 6.63. The normalized spacial score (nSPS) is 16.2. The fourth-order valence-electron chi connectivity index (χ4n) is 3.62. The number of rotatable bonds is 5. The number of hydrazone groups is 1. The number of nitrogens with zero attached hydrogens (tertiary/aromatic N) is 3. The summed E-state index contributed by atoms with van der Waals surface area (Å²) < 4.78 is 2.18. The summed E-state index contributed by atoms with van der Waals surface area (Å²) in [7, 11) is 0. The van der Waals surface area contributed by atoms with E-state index in [0.717, 1.165) is 46.3 Å². The van der Waals surface area contributed by atoms with E-state index in [1.54, 1.807) is 17.8 Å². The van der Waals surface area contributed by atoms with Gasteiger partial charge in [0.15, 0.2) is 0 Å². The second-order valence-corrected chi connectivity index (χ2v) is 11.1. The number of nitrogens with one attached hydrogen (secondary N) is 1. The second-order valence-electron chi connectivity index (χ2n) is 8.75. The molecule has 1 aliphatic heterocycles. The molecule has 4 nitrogen and oxygen atoms in total. The zero-order valence-electron chi connectivity index (χ0n) is 18.4. The van der Waals surface area contributed by atoms with E-state index in [0.29, 0.717) is 15.1 Å². The molecule has 0 radical (unpaired) electrons.